The molecule has 0 spiro atoms. The highest BCUT2D eigenvalue weighted by Crippen LogP contribution is 2.27. The van der Waals surface area contributed by atoms with Crippen molar-refractivity contribution in [3.8, 4) is 0 Å². The summed E-state index contributed by atoms with van der Waals surface area (Å²) in [6.07, 6.45) is 5.63. The molecule has 0 amide bonds. The van der Waals surface area contributed by atoms with Crippen LogP contribution in [0.25, 0.3) is 0 Å². The van der Waals surface area contributed by atoms with Crippen LogP contribution in [0, 0.1) is 0 Å². The fourth-order valence-electron chi connectivity index (χ4n) is 3.13. The molecule has 124 valence electrons. The zero-order chi connectivity index (χ0) is 16.9. The van der Waals surface area contributed by atoms with Crippen molar-refractivity contribution >= 4 is 0 Å². The topological polar surface area (TPSA) is 15.3 Å². The predicted octanol–water partition coefficient (Wildman–Crippen LogP) is 5.17. The van der Waals surface area contributed by atoms with Crippen molar-refractivity contribution in [1.82, 2.24) is 10.2 Å². The third-order valence-corrected chi connectivity index (χ3v) is 4.54. The van der Waals surface area contributed by atoms with Gasteiger partial charge in [0.15, 0.2) is 0 Å². The molecule has 0 aromatic rings. The van der Waals surface area contributed by atoms with Gasteiger partial charge in [-0.25, -0.2) is 0 Å². The third kappa shape index (κ3) is 4.28. The van der Waals surface area contributed by atoms with Gasteiger partial charge in [-0.3, -0.25) is 0 Å². The molecule has 0 aromatic heterocycles. The third-order valence-electron chi connectivity index (χ3n) is 4.54. The fourth-order valence-corrected chi connectivity index (χ4v) is 3.13. The van der Waals surface area contributed by atoms with Gasteiger partial charge >= 0.3 is 0 Å². The standard InChI is InChI=1S/C20H34N2/c1-9-11-20-16(6)12-19(13-21-20)18(8)22(14(3)4)17(7)15(5)10-2/h12,14,18,21H,5,7,9-11,13H2,1-4,6,8H3. The van der Waals surface area contributed by atoms with Crippen molar-refractivity contribution in [3.05, 3.63) is 47.3 Å². The highest BCUT2D eigenvalue weighted by Gasteiger charge is 2.24. The van der Waals surface area contributed by atoms with E-state index in [2.05, 4.69) is 71.0 Å². The van der Waals surface area contributed by atoms with Gasteiger partial charge in [0.1, 0.15) is 0 Å². The molecule has 1 aliphatic rings. The lowest BCUT2D eigenvalue weighted by molar-refractivity contribution is 0.244. The van der Waals surface area contributed by atoms with Crippen molar-refractivity contribution in [2.75, 3.05) is 6.54 Å². The molecule has 0 saturated carbocycles. The van der Waals surface area contributed by atoms with Gasteiger partial charge in [0.25, 0.3) is 0 Å². The molecule has 1 atom stereocenters. The van der Waals surface area contributed by atoms with Crippen LogP contribution in [0.5, 0.6) is 0 Å². The Morgan fingerprint density at radius 2 is 1.91 bits per heavy atom. The SMILES string of the molecule is C=C(CC)C(=C)N(C(C)C)C(C)C1=CC(C)=C(CCC)NC1. The lowest BCUT2D eigenvalue weighted by atomic mass is 9.96. The van der Waals surface area contributed by atoms with Crippen molar-refractivity contribution in [1.29, 1.82) is 0 Å². The minimum absolute atomic E-state index is 0.335. The number of hydrogen-bond acceptors (Lipinski definition) is 2. The summed E-state index contributed by atoms with van der Waals surface area (Å²) in [4.78, 5) is 2.40. The second-order valence-electron chi connectivity index (χ2n) is 6.57. The number of allylic oxidation sites excluding steroid dienone is 4. The number of nitrogens with one attached hydrogen (secondary N) is 1. The molecular weight excluding hydrogens is 268 g/mol. The Hall–Kier alpha value is -1.44. The van der Waals surface area contributed by atoms with Crippen LogP contribution in [-0.2, 0) is 0 Å². The lowest BCUT2D eigenvalue weighted by Gasteiger charge is -2.39. The molecule has 0 saturated heterocycles. The molecule has 0 aliphatic carbocycles. The summed E-state index contributed by atoms with van der Waals surface area (Å²) >= 11 is 0. The molecule has 2 nitrogen and oxygen atoms in total. The van der Waals surface area contributed by atoms with Crippen LogP contribution in [0.4, 0.5) is 0 Å². The number of rotatable bonds is 8. The molecule has 22 heavy (non-hydrogen) atoms. The average Bonchev–Trinajstić information content (AvgIpc) is 2.48. The zero-order valence-electron chi connectivity index (χ0n) is 15.4. The number of dihydropyridines is 1. The molecule has 2 heteroatoms. The Labute approximate surface area is 137 Å². The molecule has 1 N–H and O–H groups in total. The van der Waals surface area contributed by atoms with Crippen molar-refractivity contribution in [2.45, 2.75) is 72.9 Å². The summed E-state index contributed by atoms with van der Waals surface area (Å²) in [6.45, 7) is 22.7. The second kappa shape index (κ2) is 8.26. The highest BCUT2D eigenvalue weighted by molar-refractivity contribution is 5.36. The van der Waals surface area contributed by atoms with E-state index in [0.29, 0.717) is 12.1 Å². The molecule has 1 rings (SSSR count). The predicted molar refractivity (Wildman–Crippen MR) is 98.7 cm³/mol. The molecule has 0 aromatic carbocycles. The Balaban J connectivity index is 3.01. The quantitative estimate of drug-likeness (QED) is 0.622. The van der Waals surface area contributed by atoms with Crippen LogP contribution in [0.3, 0.4) is 0 Å². The summed E-state index contributed by atoms with van der Waals surface area (Å²) < 4.78 is 0. The normalized spacial score (nSPS) is 16.2. The second-order valence-corrected chi connectivity index (χ2v) is 6.57. The molecule has 0 fully saturated rings. The van der Waals surface area contributed by atoms with Gasteiger partial charge in [-0.15, -0.1) is 0 Å². The van der Waals surface area contributed by atoms with Gasteiger partial charge in [-0.2, -0.15) is 0 Å². The number of hydrogen-bond donors (Lipinski definition) is 1. The van der Waals surface area contributed by atoms with E-state index in [1.807, 2.05) is 0 Å². The van der Waals surface area contributed by atoms with Crippen LogP contribution in [0.1, 0.15) is 60.8 Å². The Morgan fingerprint density at radius 3 is 2.36 bits per heavy atom. The highest BCUT2D eigenvalue weighted by atomic mass is 15.2. The van der Waals surface area contributed by atoms with Gasteiger partial charge in [0.2, 0.25) is 0 Å². The Bertz CT molecular complexity index is 480. The molecule has 1 unspecified atom stereocenters. The van der Waals surface area contributed by atoms with E-state index in [1.54, 1.807) is 0 Å². The van der Waals surface area contributed by atoms with Crippen LogP contribution >= 0.6 is 0 Å². The van der Waals surface area contributed by atoms with Gasteiger partial charge in [0.05, 0.1) is 0 Å². The maximum atomic E-state index is 4.29. The van der Waals surface area contributed by atoms with E-state index in [0.717, 1.165) is 30.7 Å². The first kappa shape index (κ1) is 18.6. The Kier molecular flexibility index (Phi) is 6.99. The fraction of sp³-hybridized carbons (Fsp3) is 0.600. The zero-order valence-corrected chi connectivity index (χ0v) is 15.4. The van der Waals surface area contributed by atoms with Crippen molar-refractivity contribution in [3.63, 3.8) is 0 Å². The van der Waals surface area contributed by atoms with Crippen molar-refractivity contribution in [2.24, 2.45) is 0 Å². The lowest BCUT2D eigenvalue weighted by Crippen LogP contribution is -2.42. The molecule has 1 heterocycles. The first-order valence-electron chi connectivity index (χ1n) is 8.62. The monoisotopic (exact) mass is 302 g/mol. The van der Waals surface area contributed by atoms with E-state index in [-0.39, 0.29) is 0 Å². The molecular formula is C20H34N2. The average molecular weight is 303 g/mol. The number of nitrogens with zero attached hydrogens (tertiary/aromatic N) is 1. The van der Waals surface area contributed by atoms with Gasteiger partial charge in [-0.1, -0.05) is 39.5 Å². The van der Waals surface area contributed by atoms with Crippen LogP contribution in [0.15, 0.2) is 47.3 Å². The maximum Gasteiger partial charge on any atom is 0.0497 e. The van der Waals surface area contributed by atoms with E-state index in [4.69, 9.17) is 0 Å². The van der Waals surface area contributed by atoms with E-state index >= 15 is 0 Å². The summed E-state index contributed by atoms with van der Waals surface area (Å²) in [6, 6.07) is 0.745. The van der Waals surface area contributed by atoms with Crippen LogP contribution < -0.4 is 5.32 Å². The van der Waals surface area contributed by atoms with Gasteiger partial charge in [-0.05, 0) is 57.3 Å². The molecule has 1 aliphatic heterocycles. The summed E-state index contributed by atoms with van der Waals surface area (Å²) in [5.74, 6) is 0. The van der Waals surface area contributed by atoms with Crippen LogP contribution in [-0.4, -0.2) is 23.5 Å². The summed E-state index contributed by atoms with van der Waals surface area (Å²) in [5.41, 5.74) is 6.40. The maximum absolute atomic E-state index is 4.29. The smallest absolute Gasteiger partial charge is 0.0497 e. The molecule has 0 bridgehead atoms. The minimum atomic E-state index is 0.335. The first-order valence-corrected chi connectivity index (χ1v) is 8.62. The van der Waals surface area contributed by atoms with Gasteiger partial charge in [0, 0.05) is 30.0 Å². The van der Waals surface area contributed by atoms with Gasteiger partial charge < -0.3 is 10.2 Å². The van der Waals surface area contributed by atoms with E-state index < -0.39 is 0 Å². The van der Waals surface area contributed by atoms with Crippen LogP contribution in [0.2, 0.25) is 0 Å². The Morgan fingerprint density at radius 1 is 1.27 bits per heavy atom. The summed E-state index contributed by atoms with van der Waals surface area (Å²) in [5, 5.41) is 3.61. The summed E-state index contributed by atoms with van der Waals surface area (Å²) in [7, 11) is 0. The first-order chi connectivity index (χ1) is 10.3. The van der Waals surface area contributed by atoms with Crippen molar-refractivity contribution < 1.29 is 0 Å². The molecule has 0 radical (unpaired) electrons. The largest absolute Gasteiger partial charge is 0.384 e. The van der Waals surface area contributed by atoms with E-state index in [1.165, 1.54) is 23.3 Å². The van der Waals surface area contributed by atoms with E-state index in [9.17, 15) is 0 Å². The minimum Gasteiger partial charge on any atom is -0.384 e.